The minimum atomic E-state index is -0.111. The van der Waals surface area contributed by atoms with Crippen LogP contribution in [0, 0.1) is 0 Å². The molecular formula is C20H24N2O2. The monoisotopic (exact) mass is 324 g/mol. The molecule has 0 saturated carbocycles. The zero-order chi connectivity index (χ0) is 17.4. The van der Waals surface area contributed by atoms with Crippen LogP contribution in [0.2, 0.25) is 0 Å². The molecule has 1 N–H and O–H groups in total. The van der Waals surface area contributed by atoms with Gasteiger partial charge in [-0.15, -0.1) is 0 Å². The smallest absolute Gasteiger partial charge is 0.244 e. The highest BCUT2D eigenvalue weighted by molar-refractivity contribution is 5.91. The average molecular weight is 324 g/mol. The van der Waals surface area contributed by atoms with Crippen LogP contribution in [-0.2, 0) is 4.79 Å². The van der Waals surface area contributed by atoms with E-state index in [1.54, 1.807) is 13.2 Å². The molecule has 4 heteroatoms. The van der Waals surface area contributed by atoms with Crippen LogP contribution in [0.15, 0.2) is 60.7 Å². The lowest BCUT2D eigenvalue weighted by Gasteiger charge is -2.26. The molecular weight excluding hydrogens is 300 g/mol. The molecule has 0 aliphatic rings. The maximum absolute atomic E-state index is 12.1. The SMILES string of the molecule is COc1ccccc1C(CNC(=O)/C=C/c1ccccc1)N(C)C. The van der Waals surface area contributed by atoms with Gasteiger partial charge in [0.2, 0.25) is 5.91 Å². The summed E-state index contributed by atoms with van der Waals surface area (Å²) in [6, 6.07) is 17.7. The highest BCUT2D eigenvalue weighted by Gasteiger charge is 2.18. The van der Waals surface area contributed by atoms with Crippen molar-refractivity contribution in [2.45, 2.75) is 6.04 Å². The van der Waals surface area contributed by atoms with Gasteiger partial charge in [-0.3, -0.25) is 4.79 Å². The van der Waals surface area contributed by atoms with Gasteiger partial charge in [0, 0.05) is 18.2 Å². The van der Waals surface area contributed by atoms with Gasteiger partial charge in [0.05, 0.1) is 13.2 Å². The van der Waals surface area contributed by atoms with Crippen LogP contribution in [0.4, 0.5) is 0 Å². The number of methoxy groups -OCH3 is 1. The Balaban J connectivity index is 2.01. The Morgan fingerprint density at radius 1 is 1.12 bits per heavy atom. The number of nitrogens with one attached hydrogen (secondary N) is 1. The Hall–Kier alpha value is -2.59. The van der Waals surface area contributed by atoms with Gasteiger partial charge < -0.3 is 15.0 Å². The van der Waals surface area contributed by atoms with Crippen LogP contribution < -0.4 is 10.1 Å². The highest BCUT2D eigenvalue weighted by atomic mass is 16.5. The fourth-order valence-corrected chi connectivity index (χ4v) is 2.50. The van der Waals surface area contributed by atoms with Gasteiger partial charge in [-0.1, -0.05) is 48.5 Å². The Morgan fingerprint density at radius 2 is 1.79 bits per heavy atom. The fraction of sp³-hybridized carbons (Fsp3) is 0.250. The van der Waals surface area contributed by atoms with Crippen LogP contribution in [0.25, 0.3) is 6.08 Å². The van der Waals surface area contributed by atoms with Crippen molar-refractivity contribution in [2.75, 3.05) is 27.7 Å². The highest BCUT2D eigenvalue weighted by Crippen LogP contribution is 2.27. The van der Waals surface area contributed by atoms with Crippen LogP contribution in [0.5, 0.6) is 5.75 Å². The van der Waals surface area contributed by atoms with Gasteiger partial charge in [-0.25, -0.2) is 0 Å². The third-order valence-electron chi connectivity index (χ3n) is 3.82. The Morgan fingerprint density at radius 3 is 2.46 bits per heavy atom. The number of hydrogen-bond acceptors (Lipinski definition) is 3. The topological polar surface area (TPSA) is 41.6 Å². The summed E-state index contributed by atoms with van der Waals surface area (Å²) in [5, 5.41) is 2.96. The Kier molecular flexibility index (Phi) is 6.58. The summed E-state index contributed by atoms with van der Waals surface area (Å²) in [7, 11) is 5.64. The van der Waals surface area contributed by atoms with E-state index in [1.165, 1.54) is 0 Å². The van der Waals surface area contributed by atoms with E-state index < -0.39 is 0 Å². The molecule has 0 saturated heterocycles. The number of likely N-dealkylation sites (N-methyl/N-ethyl adjacent to an activating group) is 1. The van der Waals surface area contributed by atoms with Crippen molar-refractivity contribution in [1.29, 1.82) is 0 Å². The van der Waals surface area contributed by atoms with Crippen molar-refractivity contribution in [3.05, 3.63) is 71.8 Å². The first kappa shape index (κ1) is 17.8. The number of rotatable bonds is 7. The maximum Gasteiger partial charge on any atom is 0.244 e. The lowest BCUT2D eigenvalue weighted by atomic mass is 10.0. The molecule has 0 fully saturated rings. The lowest BCUT2D eigenvalue weighted by Crippen LogP contribution is -2.33. The van der Waals surface area contributed by atoms with E-state index in [0.717, 1.165) is 16.9 Å². The van der Waals surface area contributed by atoms with E-state index in [2.05, 4.69) is 10.2 Å². The predicted molar refractivity (Wildman–Crippen MR) is 97.9 cm³/mol. The van der Waals surface area contributed by atoms with Crippen molar-refractivity contribution >= 4 is 12.0 Å². The van der Waals surface area contributed by atoms with E-state index >= 15 is 0 Å². The molecule has 0 aromatic heterocycles. The second kappa shape index (κ2) is 8.89. The lowest BCUT2D eigenvalue weighted by molar-refractivity contribution is -0.116. The largest absolute Gasteiger partial charge is 0.496 e. The number of carbonyl (C=O) groups is 1. The summed E-state index contributed by atoms with van der Waals surface area (Å²) in [6.45, 7) is 0.505. The summed E-state index contributed by atoms with van der Waals surface area (Å²) in [6.07, 6.45) is 3.37. The average Bonchev–Trinajstić information content (AvgIpc) is 2.61. The van der Waals surface area contributed by atoms with E-state index in [9.17, 15) is 4.79 Å². The van der Waals surface area contributed by atoms with Crippen LogP contribution >= 0.6 is 0 Å². The minimum Gasteiger partial charge on any atom is -0.496 e. The Labute approximate surface area is 143 Å². The van der Waals surface area contributed by atoms with Gasteiger partial charge in [0.1, 0.15) is 5.75 Å². The molecule has 0 spiro atoms. The van der Waals surface area contributed by atoms with E-state index in [0.29, 0.717) is 6.54 Å². The van der Waals surface area contributed by atoms with E-state index in [-0.39, 0.29) is 11.9 Å². The molecule has 1 amide bonds. The number of ether oxygens (including phenoxy) is 1. The number of hydrogen-bond donors (Lipinski definition) is 1. The van der Waals surface area contributed by atoms with Gasteiger partial charge >= 0.3 is 0 Å². The summed E-state index contributed by atoms with van der Waals surface area (Å²) in [5.74, 6) is 0.714. The van der Waals surface area contributed by atoms with Crippen molar-refractivity contribution in [3.8, 4) is 5.75 Å². The second-order valence-electron chi connectivity index (χ2n) is 5.71. The molecule has 126 valence electrons. The first-order valence-electron chi connectivity index (χ1n) is 7.92. The molecule has 0 aliphatic carbocycles. The molecule has 2 aromatic carbocycles. The fourth-order valence-electron chi connectivity index (χ4n) is 2.50. The summed E-state index contributed by atoms with van der Waals surface area (Å²) >= 11 is 0. The number of benzene rings is 2. The molecule has 1 atom stereocenters. The molecule has 0 bridgehead atoms. The maximum atomic E-state index is 12.1. The van der Waals surface area contributed by atoms with Crippen molar-refractivity contribution < 1.29 is 9.53 Å². The second-order valence-corrected chi connectivity index (χ2v) is 5.71. The van der Waals surface area contributed by atoms with Crippen molar-refractivity contribution in [1.82, 2.24) is 10.2 Å². The van der Waals surface area contributed by atoms with Gasteiger partial charge in [0.25, 0.3) is 0 Å². The Bertz CT molecular complexity index is 681. The minimum absolute atomic E-state index is 0.0372. The van der Waals surface area contributed by atoms with E-state index in [1.807, 2.05) is 74.8 Å². The molecule has 0 radical (unpaired) electrons. The molecule has 0 heterocycles. The molecule has 2 aromatic rings. The third kappa shape index (κ3) is 4.96. The number of amides is 1. The zero-order valence-corrected chi connectivity index (χ0v) is 14.4. The molecule has 4 nitrogen and oxygen atoms in total. The van der Waals surface area contributed by atoms with Crippen molar-refractivity contribution in [2.24, 2.45) is 0 Å². The van der Waals surface area contributed by atoms with Crippen LogP contribution in [0.3, 0.4) is 0 Å². The van der Waals surface area contributed by atoms with Crippen LogP contribution in [-0.4, -0.2) is 38.6 Å². The summed E-state index contributed by atoms with van der Waals surface area (Å²) in [4.78, 5) is 14.2. The summed E-state index contributed by atoms with van der Waals surface area (Å²) in [5.41, 5.74) is 2.05. The number of para-hydroxylation sites is 1. The molecule has 2 rings (SSSR count). The number of nitrogens with zero attached hydrogens (tertiary/aromatic N) is 1. The van der Waals surface area contributed by atoms with Gasteiger partial charge in [-0.05, 0) is 31.8 Å². The molecule has 1 unspecified atom stereocenters. The first-order valence-corrected chi connectivity index (χ1v) is 7.92. The van der Waals surface area contributed by atoms with Gasteiger partial charge in [0.15, 0.2) is 0 Å². The number of carbonyl (C=O) groups excluding carboxylic acids is 1. The standard InChI is InChI=1S/C20H24N2O2/c1-22(2)18(17-11-7-8-12-19(17)24-3)15-21-20(23)14-13-16-9-5-4-6-10-16/h4-14,18H,15H2,1-3H3,(H,21,23)/b14-13+. The summed E-state index contributed by atoms with van der Waals surface area (Å²) < 4.78 is 5.44. The zero-order valence-electron chi connectivity index (χ0n) is 14.4. The predicted octanol–water partition coefficient (Wildman–Crippen LogP) is 3.13. The molecule has 24 heavy (non-hydrogen) atoms. The quantitative estimate of drug-likeness (QED) is 0.796. The van der Waals surface area contributed by atoms with E-state index in [4.69, 9.17) is 4.74 Å². The third-order valence-corrected chi connectivity index (χ3v) is 3.82. The van der Waals surface area contributed by atoms with Gasteiger partial charge in [-0.2, -0.15) is 0 Å². The first-order chi connectivity index (χ1) is 11.6. The normalized spacial score (nSPS) is 12.3. The van der Waals surface area contributed by atoms with Crippen LogP contribution in [0.1, 0.15) is 17.2 Å². The van der Waals surface area contributed by atoms with Crippen molar-refractivity contribution in [3.63, 3.8) is 0 Å². The molecule has 0 aliphatic heterocycles.